The third-order valence-electron chi connectivity index (χ3n) is 2.69. The normalized spacial score (nSPS) is 11.7. The number of phenols is 1. The number of benzene rings is 2. The third-order valence-corrected chi connectivity index (χ3v) is 2.69. The van der Waals surface area contributed by atoms with Crippen LogP contribution in [0.4, 0.5) is 0 Å². The zero-order valence-corrected chi connectivity index (χ0v) is 10.8. The van der Waals surface area contributed by atoms with Crippen LogP contribution in [0.2, 0.25) is 0 Å². The number of hydrogen-bond acceptors (Lipinski definition) is 5. The zero-order chi connectivity index (χ0) is 14.5. The van der Waals surface area contributed by atoms with Gasteiger partial charge in [-0.25, -0.2) is 4.79 Å². The van der Waals surface area contributed by atoms with Crippen LogP contribution in [0.1, 0.15) is 11.7 Å². The lowest BCUT2D eigenvalue weighted by atomic mass is 10.1. The van der Waals surface area contributed by atoms with E-state index in [9.17, 15) is 9.90 Å². The van der Waals surface area contributed by atoms with Gasteiger partial charge in [-0.3, -0.25) is 0 Å². The molecular formula is C15H14O5. The molecule has 0 fully saturated rings. The minimum absolute atomic E-state index is 0.0575. The number of carbonyl (C=O) groups excluding carboxylic acids is 1. The van der Waals surface area contributed by atoms with E-state index in [0.29, 0.717) is 11.3 Å². The molecule has 0 amide bonds. The van der Waals surface area contributed by atoms with Gasteiger partial charge in [-0.05, 0) is 29.8 Å². The van der Waals surface area contributed by atoms with Gasteiger partial charge in [0, 0.05) is 6.07 Å². The number of aromatic hydroxyl groups is 1. The Balaban J connectivity index is 2.09. The summed E-state index contributed by atoms with van der Waals surface area (Å²) in [5.41, 5.74) is 0.343. The number of aliphatic hydroxyl groups excluding tert-OH is 1. The maximum atomic E-state index is 11.8. The Hall–Kier alpha value is -2.53. The van der Waals surface area contributed by atoms with E-state index >= 15 is 0 Å². The lowest BCUT2D eigenvalue weighted by molar-refractivity contribution is -0.144. The van der Waals surface area contributed by atoms with Crippen LogP contribution in [0.25, 0.3) is 0 Å². The molecule has 0 radical (unpaired) electrons. The molecule has 5 heteroatoms. The summed E-state index contributed by atoms with van der Waals surface area (Å²) in [4.78, 5) is 11.8. The van der Waals surface area contributed by atoms with E-state index < -0.39 is 12.1 Å². The number of methoxy groups -OCH3 is 1. The summed E-state index contributed by atoms with van der Waals surface area (Å²) in [6.07, 6.45) is -1.41. The first-order valence-corrected chi connectivity index (χ1v) is 5.93. The van der Waals surface area contributed by atoms with Crippen LogP contribution in [0, 0.1) is 0 Å². The van der Waals surface area contributed by atoms with Crippen molar-refractivity contribution in [3.8, 4) is 17.2 Å². The molecule has 1 atom stereocenters. The van der Waals surface area contributed by atoms with Crippen LogP contribution in [-0.2, 0) is 4.79 Å². The molecule has 0 saturated heterocycles. The van der Waals surface area contributed by atoms with Gasteiger partial charge >= 0.3 is 5.97 Å². The van der Waals surface area contributed by atoms with Crippen molar-refractivity contribution in [1.29, 1.82) is 0 Å². The summed E-state index contributed by atoms with van der Waals surface area (Å²) in [6.45, 7) is 0. The summed E-state index contributed by atoms with van der Waals surface area (Å²) >= 11 is 0. The van der Waals surface area contributed by atoms with Crippen LogP contribution in [-0.4, -0.2) is 23.3 Å². The lowest BCUT2D eigenvalue weighted by Crippen LogP contribution is -2.18. The van der Waals surface area contributed by atoms with Crippen molar-refractivity contribution in [2.24, 2.45) is 0 Å². The van der Waals surface area contributed by atoms with Gasteiger partial charge in [0.2, 0.25) is 0 Å². The molecule has 2 N–H and O–H groups in total. The standard InChI is InChI=1S/C15H14O5/c1-19-12-3-2-4-13(9-12)20-15(18)14(17)10-5-7-11(16)8-6-10/h2-9,14,16-17H,1H3/t14-/m1/s1. The molecule has 0 aliphatic rings. The highest BCUT2D eigenvalue weighted by atomic mass is 16.5. The molecule has 0 bridgehead atoms. The molecule has 0 unspecified atom stereocenters. The van der Waals surface area contributed by atoms with Crippen LogP contribution >= 0.6 is 0 Å². The fourth-order valence-electron chi connectivity index (χ4n) is 1.63. The molecule has 0 saturated carbocycles. The molecule has 0 spiro atoms. The highest BCUT2D eigenvalue weighted by Gasteiger charge is 2.19. The van der Waals surface area contributed by atoms with Gasteiger partial charge in [-0.2, -0.15) is 0 Å². The van der Waals surface area contributed by atoms with Gasteiger partial charge in [-0.15, -0.1) is 0 Å². The second-order valence-corrected chi connectivity index (χ2v) is 4.09. The van der Waals surface area contributed by atoms with Gasteiger partial charge in [0.05, 0.1) is 7.11 Å². The Labute approximate surface area is 116 Å². The number of hydrogen-bond donors (Lipinski definition) is 2. The fourth-order valence-corrected chi connectivity index (χ4v) is 1.63. The van der Waals surface area contributed by atoms with Crippen molar-refractivity contribution in [3.05, 3.63) is 54.1 Å². The van der Waals surface area contributed by atoms with E-state index in [0.717, 1.165) is 0 Å². The van der Waals surface area contributed by atoms with Gasteiger partial charge < -0.3 is 19.7 Å². The van der Waals surface area contributed by atoms with Crippen LogP contribution in [0.15, 0.2) is 48.5 Å². The first-order valence-electron chi connectivity index (χ1n) is 5.93. The highest BCUT2D eigenvalue weighted by molar-refractivity contribution is 5.78. The van der Waals surface area contributed by atoms with Gasteiger partial charge in [0.15, 0.2) is 6.10 Å². The maximum Gasteiger partial charge on any atom is 0.345 e. The number of aliphatic hydroxyl groups is 1. The van der Waals surface area contributed by atoms with Gasteiger partial charge in [-0.1, -0.05) is 18.2 Å². The molecule has 0 aromatic heterocycles. The molecule has 0 heterocycles. The second kappa shape index (κ2) is 6.08. The predicted octanol–water partition coefficient (Wildman–Crippen LogP) is 2.04. The van der Waals surface area contributed by atoms with Crippen LogP contribution in [0.3, 0.4) is 0 Å². The largest absolute Gasteiger partial charge is 0.508 e. The number of phenolic OH excluding ortho intramolecular Hbond substituents is 1. The van der Waals surface area contributed by atoms with Crippen molar-refractivity contribution < 1.29 is 24.5 Å². The van der Waals surface area contributed by atoms with Crippen molar-refractivity contribution >= 4 is 5.97 Å². The van der Waals surface area contributed by atoms with E-state index in [1.54, 1.807) is 24.3 Å². The van der Waals surface area contributed by atoms with Crippen molar-refractivity contribution in [3.63, 3.8) is 0 Å². The molecule has 2 aromatic rings. The molecule has 20 heavy (non-hydrogen) atoms. The smallest absolute Gasteiger partial charge is 0.345 e. The van der Waals surface area contributed by atoms with E-state index in [-0.39, 0.29) is 11.5 Å². The number of ether oxygens (including phenoxy) is 2. The highest BCUT2D eigenvalue weighted by Crippen LogP contribution is 2.22. The zero-order valence-electron chi connectivity index (χ0n) is 10.8. The minimum Gasteiger partial charge on any atom is -0.508 e. The first kappa shape index (κ1) is 13.9. The van der Waals surface area contributed by atoms with E-state index in [1.165, 1.54) is 31.4 Å². The Bertz CT molecular complexity index is 591. The average molecular weight is 274 g/mol. The van der Waals surface area contributed by atoms with Crippen molar-refractivity contribution in [1.82, 2.24) is 0 Å². The van der Waals surface area contributed by atoms with Crippen molar-refractivity contribution in [2.45, 2.75) is 6.10 Å². The average Bonchev–Trinajstić information content (AvgIpc) is 2.47. The first-order chi connectivity index (χ1) is 9.60. The lowest BCUT2D eigenvalue weighted by Gasteiger charge is -2.11. The summed E-state index contributed by atoms with van der Waals surface area (Å²) in [6, 6.07) is 12.2. The minimum atomic E-state index is -1.41. The predicted molar refractivity (Wildman–Crippen MR) is 71.7 cm³/mol. The number of carbonyl (C=O) groups is 1. The monoisotopic (exact) mass is 274 g/mol. The number of rotatable bonds is 4. The molecule has 104 valence electrons. The fraction of sp³-hybridized carbons (Fsp3) is 0.133. The second-order valence-electron chi connectivity index (χ2n) is 4.09. The molecular weight excluding hydrogens is 260 g/mol. The van der Waals surface area contributed by atoms with Gasteiger partial charge in [0.1, 0.15) is 17.2 Å². The Morgan fingerprint density at radius 2 is 1.75 bits per heavy atom. The van der Waals surface area contributed by atoms with Gasteiger partial charge in [0.25, 0.3) is 0 Å². The summed E-state index contributed by atoms with van der Waals surface area (Å²) in [5, 5.41) is 19.0. The molecule has 5 nitrogen and oxygen atoms in total. The van der Waals surface area contributed by atoms with E-state index in [1.807, 2.05) is 0 Å². The van der Waals surface area contributed by atoms with E-state index in [2.05, 4.69) is 0 Å². The molecule has 2 aromatic carbocycles. The van der Waals surface area contributed by atoms with Crippen LogP contribution in [0.5, 0.6) is 17.2 Å². The molecule has 0 aliphatic carbocycles. The SMILES string of the molecule is COc1cccc(OC(=O)[C@H](O)c2ccc(O)cc2)c1. The topological polar surface area (TPSA) is 76.0 Å². The third kappa shape index (κ3) is 3.27. The number of esters is 1. The Kier molecular flexibility index (Phi) is 4.22. The maximum absolute atomic E-state index is 11.8. The molecule has 2 rings (SSSR count). The van der Waals surface area contributed by atoms with Crippen molar-refractivity contribution in [2.75, 3.05) is 7.11 Å². The summed E-state index contributed by atoms with van der Waals surface area (Å²) in [7, 11) is 1.51. The quantitative estimate of drug-likeness (QED) is 0.659. The Morgan fingerprint density at radius 1 is 1.10 bits per heavy atom. The van der Waals surface area contributed by atoms with E-state index in [4.69, 9.17) is 14.6 Å². The molecule has 0 aliphatic heterocycles. The summed E-state index contributed by atoms with van der Waals surface area (Å²) < 4.78 is 10.1. The summed E-state index contributed by atoms with van der Waals surface area (Å²) in [5.74, 6) is 0.0904. The van der Waals surface area contributed by atoms with Crippen LogP contribution < -0.4 is 9.47 Å². The Morgan fingerprint density at radius 3 is 2.40 bits per heavy atom.